The number of hydrogen-bond donors (Lipinski definition) is 2. The summed E-state index contributed by atoms with van der Waals surface area (Å²) in [6, 6.07) is 18.9. The van der Waals surface area contributed by atoms with Gasteiger partial charge in [0, 0.05) is 10.0 Å². The highest BCUT2D eigenvalue weighted by Crippen LogP contribution is 2.25. The second-order valence-electron chi connectivity index (χ2n) is 5.82. The summed E-state index contributed by atoms with van der Waals surface area (Å²) in [5.41, 5.74) is 4.37. The normalized spacial score (nSPS) is 11.1. The van der Waals surface area contributed by atoms with Gasteiger partial charge in [-0.3, -0.25) is 4.79 Å². The molecule has 0 aromatic heterocycles. The van der Waals surface area contributed by atoms with Crippen molar-refractivity contribution in [2.24, 2.45) is 15.3 Å². The molecular weight excluding hydrogens is 436 g/mol. The van der Waals surface area contributed by atoms with Gasteiger partial charge in [0.1, 0.15) is 11.5 Å². The molecule has 0 saturated heterocycles. The Kier molecular flexibility index (Phi) is 6.70. The van der Waals surface area contributed by atoms with Crippen LogP contribution in [0.3, 0.4) is 0 Å². The zero-order valence-electron chi connectivity index (χ0n) is 15.4. The summed E-state index contributed by atoms with van der Waals surface area (Å²) >= 11 is 3.38. The third-order valence-electron chi connectivity index (χ3n) is 3.82. The van der Waals surface area contributed by atoms with Crippen molar-refractivity contribution in [2.75, 3.05) is 7.11 Å². The van der Waals surface area contributed by atoms with Crippen LogP contribution in [0.2, 0.25) is 0 Å². The lowest BCUT2D eigenvalue weighted by atomic mass is 10.2. The second-order valence-corrected chi connectivity index (χ2v) is 6.74. The average Bonchev–Trinajstić information content (AvgIpc) is 2.74. The van der Waals surface area contributed by atoms with Crippen molar-refractivity contribution in [3.63, 3.8) is 0 Å². The van der Waals surface area contributed by atoms with Crippen LogP contribution in [0.1, 0.15) is 15.9 Å². The number of para-hydroxylation sites is 1. The van der Waals surface area contributed by atoms with E-state index in [0.717, 1.165) is 4.47 Å². The van der Waals surface area contributed by atoms with Crippen LogP contribution < -0.4 is 10.2 Å². The largest absolute Gasteiger partial charge is 0.507 e. The Morgan fingerprint density at radius 2 is 1.79 bits per heavy atom. The molecule has 0 unspecified atom stereocenters. The maximum absolute atomic E-state index is 12.2. The number of phenols is 1. The molecule has 1 amide bonds. The van der Waals surface area contributed by atoms with Crippen LogP contribution in [0.5, 0.6) is 11.5 Å². The van der Waals surface area contributed by atoms with Gasteiger partial charge < -0.3 is 9.84 Å². The average molecular weight is 453 g/mol. The molecule has 7 nitrogen and oxygen atoms in total. The number of hydrogen-bond acceptors (Lipinski definition) is 6. The van der Waals surface area contributed by atoms with E-state index in [1.54, 1.807) is 36.4 Å². The molecule has 8 heteroatoms. The number of benzene rings is 3. The lowest BCUT2D eigenvalue weighted by Crippen LogP contribution is -2.18. The molecular formula is C21H17BrN4O3. The summed E-state index contributed by atoms with van der Waals surface area (Å²) < 4.78 is 6.06. The summed E-state index contributed by atoms with van der Waals surface area (Å²) in [6.07, 6.45) is 1.33. The molecule has 29 heavy (non-hydrogen) atoms. The molecule has 0 spiro atoms. The molecule has 0 radical (unpaired) electrons. The Labute approximate surface area is 175 Å². The van der Waals surface area contributed by atoms with Crippen LogP contribution in [-0.4, -0.2) is 24.3 Å². The number of phenolic OH excluding ortho intramolecular Hbond substituents is 1. The van der Waals surface area contributed by atoms with Crippen LogP contribution in [0.4, 0.5) is 11.4 Å². The van der Waals surface area contributed by atoms with Gasteiger partial charge in [-0.2, -0.15) is 15.3 Å². The number of carbonyl (C=O) groups excluding carboxylic acids is 1. The van der Waals surface area contributed by atoms with E-state index < -0.39 is 5.91 Å². The predicted molar refractivity (Wildman–Crippen MR) is 114 cm³/mol. The van der Waals surface area contributed by atoms with Crippen molar-refractivity contribution in [3.05, 3.63) is 82.3 Å². The van der Waals surface area contributed by atoms with E-state index in [4.69, 9.17) is 4.74 Å². The zero-order valence-corrected chi connectivity index (χ0v) is 17.0. The molecule has 0 aliphatic heterocycles. The van der Waals surface area contributed by atoms with Gasteiger partial charge in [0.15, 0.2) is 0 Å². The van der Waals surface area contributed by atoms with E-state index in [2.05, 4.69) is 36.7 Å². The van der Waals surface area contributed by atoms with Crippen LogP contribution >= 0.6 is 15.9 Å². The van der Waals surface area contributed by atoms with Crippen molar-refractivity contribution in [1.29, 1.82) is 0 Å². The van der Waals surface area contributed by atoms with E-state index in [-0.39, 0.29) is 5.75 Å². The van der Waals surface area contributed by atoms with Crippen LogP contribution in [0, 0.1) is 0 Å². The molecule has 2 N–H and O–H groups in total. The van der Waals surface area contributed by atoms with Gasteiger partial charge in [0.2, 0.25) is 0 Å². The SMILES string of the molecule is COc1ccccc1C(=O)N/N=C/c1cc(N=Nc2cccc(Br)c2)ccc1O. The fourth-order valence-corrected chi connectivity index (χ4v) is 2.80. The number of ether oxygens (including phenoxy) is 1. The molecule has 0 heterocycles. The van der Waals surface area contributed by atoms with Crippen molar-refractivity contribution >= 4 is 39.4 Å². The lowest BCUT2D eigenvalue weighted by molar-refractivity contribution is 0.0952. The summed E-state index contributed by atoms with van der Waals surface area (Å²) in [5, 5.41) is 22.2. The highest BCUT2D eigenvalue weighted by atomic mass is 79.9. The van der Waals surface area contributed by atoms with E-state index in [1.807, 2.05) is 24.3 Å². The van der Waals surface area contributed by atoms with E-state index in [9.17, 15) is 9.90 Å². The Balaban J connectivity index is 1.72. The third kappa shape index (κ3) is 5.49. The smallest absolute Gasteiger partial charge is 0.275 e. The quantitative estimate of drug-likeness (QED) is 0.300. The molecule has 3 aromatic carbocycles. The summed E-state index contributed by atoms with van der Waals surface area (Å²) in [6.45, 7) is 0. The fourth-order valence-electron chi connectivity index (χ4n) is 2.41. The Morgan fingerprint density at radius 3 is 2.55 bits per heavy atom. The van der Waals surface area contributed by atoms with Crippen molar-refractivity contribution < 1.29 is 14.6 Å². The summed E-state index contributed by atoms with van der Waals surface area (Å²) in [5.74, 6) is 0.0170. The van der Waals surface area contributed by atoms with Gasteiger partial charge in [-0.05, 0) is 48.5 Å². The minimum atomic E-state index is -0.427. The van der Waals surface area contributed by atoms with E-state index in [1.165, 1.54) is 19.4 Å². The predicted octanol–water partition coefficient (Wildman–Crippen LogP) is 5.34. The number of halogens is 1. The van der Waals surface area contributed by atoms with Crippen molar-refractivity contribution in [2.45, 2.75) is 0 Å². The molecule has 0 atom stereocenters. The van der Waals surface area contributed by atoms with Gasteiger partial charge in [0.05, 0.1) is 30.3 Å². The molecule has 0 aliphatic rings. The van der Waals surface area contributed by atoms with Crippen molar-refractivity contribution in [3.8, 4) is 11.5 Å². The third-order valence-corrected chi connectivity index (χ3v) is 4.31. The first kappa shape index (κ1) is 20.2. The molecule has 146 valence electrons. The number of aromatic hydroxyl groups is 1. The molecule has 0 bridgehead atoms. The van der Waals surface area contributed by atoms with Crippen LogP contribution in [0.25, 0.3) is 0 Å². The van der Waals surface area contributed by atoms with Gasteiger partial charge in [0.25, 0.3) is 5.91 Å². The number of azo groups is 1. The summed E-state index contributed by atoms with van der Waals surface area (Å²) in [7, 11) is 1.49. The van der Waals surface area contributed by atoms with Crippen LogP contribution in [0.15, 0.2) is 86.5 Å². The minimum Gasteiger partial charge on any atom is -0.507 e. The molecule has 0 aliphatic carbocycles. The molecule has 3 rings (SSSR count). The monoisotopic (exact) mass is 452 g/mol. The minimum absolute atomic E-state index is 0.00157. The maximum Gasteiger partial charge on any atom is 0.275 e. The number of methoxy groups -OCH3 is 1. The topological polar surface area (TPSA) is 95.6 Å². The number of carbonyl (C=O) groups is 1. The van der Waals surface area contributed by atoms with Gasteiger partial charge in [-0.1, -0.05) is 34.1 Å². The maximum atomic E-state index is 12.2. The van der Waals surface area contributed by atoms with Crippen molar-refractivity contribution in [1.82, 2.24) is 5.43 Å². The lowest BCUT2D eigenvalue weighted by Gasteiger charge is -2.06. The highest BCUT2D eigenvalue weighted by Gasteiger charge is 2.10. The second kappa shape index (κ2) is 9.61. The number of nitrogens with one attached hydrogen (secondary N) is 1. The number of rotatable bonds is 6. The zero-order chi connectivity index (χ0) is 20.6. The Bertz CT molecular complexity index is 1080. The number of nitrogens with zero attached hydrogens (tertiary/aromatic N) is 3. The van der Waals surface area contributed by atoms with Gasteiger partial charge >= 0.3 is 0 Å². The fraction of sp³-hybridized carbons (Fsp3) is 0.0476. The van der Waals surface area contributed by atoms with E-state index in [0.29, 0.717) is 28.3 Å². The van der Waals surface area contributed by atoms with Gasteiger partial charge in [-0.25, -0.2) is 5.43 Å². The molecule has 0 fully saturated rings. The molecule has 0 saturated carbocycles. The standard InChI is InChI=1S/C21H17BrN4O3/c1-29-20-8-3-2-7-18(20)21(28)26-23-13-14-11-17(9-10-19(14)27)25-24-16-6-4-5-15(22)12-16/h2-13,27H,1H3,(H,26,28)/b23-13+,25-24?. The summed E-state index contributed by atoms with van der Waals surface area (Å²) in [4.78, 5) is 12.2. The molecule has 3 aromatic rings. The first-order valence-corrected chi connectivity index (χ1v) is 9.33. The first-order chi connectivity index (χ1) is 14.1. The van der Waals surface area contributed by atoms with E-state index >= 15 is 0 Å². The number of amides is 1. The van der Waals surface area contributed by atoms with Gasteiger partial charge in [-0.15, -0.1) is 0 Å². The first-order valence-electron chi connectivity index (χ1n) is 8.53. The Hall–Kier alpha value is -3.52. The highest BCUT2D eigenvalue weighted by molar-refractivity contribution is 9.10. The number of hydrazone groups is 1. The Morgan fingerprint density at radius 1 is 1.03 bits per heavy atom. The van der Waals surface area contributed by atoms with Crippen LogP contribution in [-0.2, 0) is 0 Å².